The van der Waals surface area contributed by atoms with E-state index in [2.05, 4.69) is 50.4 Å². The van der Waals surface area contributed by atoms with Crippen LogP contribution in [-0.2, 0) is 21.5 Å². The minimum absolute atomic E-state index is 0.0903. The lowest BCUT2D eigenvalue weighted by molar-refractivity contribution is -0.124. The fraction of sp³-hybridized carbons (Fsp3) is 0.519. The summed E-state index contributed by atoms with van der Waals surface area (Å²) >= 11 is 0. The van der Waals surface area contributed by atoms with Gasteiger partial charge in [0.25, 0.3) is 0 Å². The number of hydrogen-bond acceptors (Lipinski definition) is 3. The highest BCUT2D eigenvalue weighted by molar-refractivity contribution is 5.77. The van der Waals surface area contributed by atoms with E-state index in [1.54, 1.807) is 0 Å². The molecule has 4 nitrogen and oxygen atoms in total. The summed E-state index contributed by atoms with van der Waals surface area (Å²) in [5, 5.41) is 3.14. The first-order chi connectivity index (χ1) is 14.8. The van der Waals surface area contributed by atoms with E-state index in [0.29, 0.717) is 25.5 Å². The first kappa shape index (κ1) is 23.3. The predicted octanol–water partition coefficient (Wildman–Crippen LogP) is 5.56. The second kappa shape index (κ2) is 10.3. The SMILES string of the molecule is Cc1ccc(C2(CC(=O)NCc3ccc(OC(C)C)cc3)CCOC(C(C)C)C2)cc1. The number of carbonyl (C=O) groups excluding carboxylic acids is 1. The van der Waals surface area contributed by atoms with E-state index < -0.39 is 0 Å². The Hall–Kier alpha value is -2.33. The van der Waals surface area contributed by atoms with Crippen LogP contribution in [0.5, 0.6) is 5.75 Å². The highest BCUT2D eigenvalue weighted by Gasteiger charge is 2.41. The van der Waals surface area contributed by atoms with E-state index in [0.717, 1.165) is 24.2 Å². The van der Waals surface area contributed by atoms with Crippen molar-refractivity contribution in [2.75, 3.05) is 6.61 Å². The monoisotopic (exact) mass is 423 g/mol. The fourth-order valence-electron chi connectivity index (χ4n) is 4.34. The molecule has 1 aliphatic heterocycles. The molecule has 1 heterocycles. The van der Waals surface area contributed by atoms with Crippen LogP contribution in [0.25, 0.3) is 0 Å². The second-order valence-corrected chi connectivity index (χ2v) is 9.52. The molecule has 2 unspecified atom stereocenters. The summed E-state index contributed by atoms with van der Waals surface area (Å²) in [5.41, 5.74) is 3.37. The van der Waals surface area contributed by atoms with Gasteiger partial charge in [0.1, 0.15) is 5.75 Å². The first-order valence-corrected chi connectivity index (χ1v) is 11.5. The Labute approximate surface area is 187 Å². The average Bonchev–Trinajstić information content (AvgIpc) is 2.73. The van der Waals surface area contributed by atoms with Gasteiger partial charge in [0.2, 0.25) is 5.91 Å². The number of nitrogens with one attached hydrogen (secondary N) is 1. The van der Waals surface area contributed by atoms with Crippen molar-refractivity contribution in [2.45, 2.75) is 78.0 Å². The number of hydrogen-bond donors (Lipinski definition) is 1. The van der Waals surface area contributed by atoms with Gasteiger partial charge in [0, 0.05) is 25.0 Å². The maximum absolute atomic E-state index is 13.0. The van der Waals surface area contributed by atoms with Crippen LogP contribution in [0, 0.1) is 12.8 Å². The smallest absolute Gasteiger partial charge is 0.221 e. The molecule has 0 spiro atoms. The molecule has 1 saturated heterocycles. The molecule has 0 bridgehead atoms. The van der Waals surface area contributed by atoms with Crippen molar-refractivity contribution in [3.63, 3.8) is 0 Å². The number of rotatable bonds is 8. The van der Waals surface area contributed by atoms with E-state index >= 15 is 0 Å². The second-order valence-electron chi connectivity index (χ2n) is 9.52. The summed E-state index contributed by atoms with van der Waals surface area (Å²) < 4.78 is 11.7. The third kappa shape index (κ3) is 6.33. The Morgan fingerprint density at radius 2 is 1.77 bits per heavy atom. The summed E-state index contributed by atoms with van der Waals surface area (Å²) in [6.07, 6.45) is 2.56. The molecule has 1 aliphatic rings. The summed E-state index contributed by atoms with van der Waals surface area (Å²) in [5.74, 6) is 1.37. The van der Waals surface area contributed by atoms with Crippen molar-refractivity contribution in [2.24, 2.45) is 5.92 Å². The van der Waals surface area contributed by atoms with Gasteiger partial charge in [-0.1, -0.05) is 55.8 Å². The lowest BCUT2D eigenvalue weighted by Crippen LogP contribution is -2.44. The number of benzene rings is 2. The van der Waals surface area contributed by atoms with Crippen LogP contribution in [-0.4, -0.2) is 24.7 Å². The van der Waals surface area contributed by atoms with Gasteiger partial charge in [-0.05, 0) is 62.8 Å². The van der Waals surface area contributed by atoms with Crippen molar-refractivity contribution < 1.29 is 14.3 Å². The Morgan fingerprint density at radius 3 is 2.39 bits per heavy atom. The van der Waals surface area contributed by atoms with Crippen LogP contribution in [0.15, 0.2) is 48.5 Å². The number of carbonyl (C=O) groups is 1. The zero-order valence-corrected chi connectivity index (χ0v) is 19.6. The standard InChI is InChI=1S/C27H37NO3/c1-19(2)25-16-27(14-15-30-25,23-10-6-21(5)7-11-23)17-26(29)28-18-22-8-12-24(13-9-22)31-20(3)4/h6-13,19-20,25H,14-18H2,1-5H3,(H,28,29). The Bertz CT molecular complexity index is 842. The zero-order chi connectivity index (χ0) is 22.4. The molecule has 0 saturated carbocycles. The average molecular weight is 424 g/mol. The van der Waals surface area contributed by atoms with Crippen LogP contribution < -0.4 is 10.1 Å². The molecule has 2 atom stereocenters. The number of aryl methyl sites for hydroxylation is 1. The highest BCUT2D eigenvalue weighted by Crippen LogP contribution is 2.42. The predicted molar refractivity (Wildman–Crippen MR) is 125 cm³/mol. The molecule has 168 valence electrons. The topological polar surface area (TPSA) is 47.6 Å². The van der Waals surface area contributed by atoms with Crippen molar-refractivity contribution in [3.8, 4) is 5.75 Å². The Morgan fingerprint density at radius 1 is 1.10 bits per heavy atom. The molecular formula is C27H37NO3. The molecule has 1 fully saturated rings. The third-order valence-corrected chi connectivity index (χ3v) is 6.20. The molecule has 1 N–H and O–H groups in total. The van der Waals surface area contributed by atoms with Crippen LogP contribution in [0.4, 0.5) is 0 Å². The van der Waals surface area contributed by atoms with Gasteiger partial charge < -0.3 is 14.8 Å². The van der Waals surface area contributed by atoms with E-state index in [4.69, 9.17) is 9.47 Å². The molecule has 2 aromatic rings. The minimum atomic E-state index is -0.181. The van der Waals surface area contributed by atoms with Gasteiger partial charge in [0.05, 0.1) is 12.2 Å². The van der Waals surface area contributed by atoms with Crippen molar-refractivity contribution >= 4 is 5.91 Å². The summed E-state index contributed by atoms with van der Waals surface area (Å²) in [6.45, 7) is 11.7. The molecule has 3 rings (SSSR count). The number of ether oxygens (including phenoxy) is 2. The lowest BCUT2D eigenvalue weighted by Gasteiger charge is -2.42. The highest BCUT2D eigenvalue weighted by atomic mass is 16.5. The van der Waals surface area contributed by atoms with Gasteiger partial charge in [-0.15, -0.1) is 0 Å². The molecule has 0 aromatic heterocycles. The minimum Gasteiger partial charge on any atom is -0.491 e. The third-order valence-electron chi connectivity index (χ3n) is 6.20. The molecule has 2 aromatic carbocycles. The summed E-state index contributed by atoms with van der Waals surface area (Å²) in [4.78, 5) is 13.0. The van der Waals surface area contributed by atoms with Crippen LogP contribution >= 0.6 is 0 Å². The van der Waals surface area contributed by atoms with Crippen molar-refractivity contribution in [1.29, 1.82) is 0 Å². The molecule has 1 amide bonds. The molecule has 0 aliphatic carbocycles. The normalized spacial score (nSPS) is 21.3. The number of amides is 1. The van der Waals surface area contributed by atoms with E-state index in [9.17, 15) is 4.79 Å². The van der Waals surface area contributed by atoms with E-state index in [-0.39, 0.29) is 23.5 Å². The van der Waals surface area contributed by atoms with Crippen LogP contribution in [0.3, 0.4) is 0 Å². The molecule has 0 radical (unpaired) electrons. The van der Waals surface area contributed by atoms with Gasteiger partial charge in [-0.3, -0.25) is 4.79 Å². The van der Waals surface area contributed by atoms with Gasteiger partial charge in [0.15, 0.2) is 0 Å². The van der Waals surface area contributed by atoms with E-state index in [1.165, 1.54) is 11.1 Å². The Balaban J connectivity index is 1.69. The van der Waals surface area contributed by atoms with Crippen molar-refractivity contribution in [1.82, 2.24) is 5.32 Å². The molecule has 4 heteroatoms. The van der Waals surface area contributed by atoms with Gasteiger partial charge in [-0.25, -0.2) is 0 Å². The van der Waals surface area contributed by atoms with Crippen molar-refractivity contribution in [3.05, 3.63) is 65.2 Å². The summed E-state index contributed by atoms with van der Waals surface area (Å²) in [6, 6.07) is 16.6. The zero-order valence-electron chi connectivity index (χ0n) is 19.6. The van der Waals surface area contributed by atoms with Crippen LogP contribution in [0.2, 0.25) is 0 Å². The molecule has 31 heavy (non-hydrogen) atoms. The first-order valence-electron chi connectivity index (χ1n) is 11.5. The maximum Gasteiger partial charge on any atom is 0.221 e. The quantitative estimate of drug-likeness (QED) is 0.604. The van der Waals surface area contributed by atoms with Crippen LogP contribution in [0.1, 0.15) is 63.6 Å². The maximum atomic E-state index is 13.0. The van der Waals surface area contributed by atoms with E-state index in [1.807, 2.05) is 38.1 Å². The lowest BCUT2D eigenvalue weighted by atomic mass is 9.68. The fourth-order valence-corrected chi connectivity index (χ4v) is 4.34. The Kier molecular flexibility index (Phi) is 7.77. The van der Waals surface area contributed by atoms with Gasteiger partial charge in [-0.2, -0.15) is 0 Å². The van der Waals surface area contributed by atoms with Gasteiger partial charge >= 0.3 is 0 Å². The largest absolute Gasteiger partial charge is 0.491 e. The molecular weight excluding hydrogens is 386 g/mol. The summed E-state index contributed by atoms with van der Waals surface area (Å²) in [7, 11) is 0.